The first kappa shape index (κ1) is 38.1. The summed E-state index contributed by atoms with van der Waals surface area (Å²) >= 11 is 0. The van der Waals surface area contributed by atoms with E-state index in [1.165, 1.54) is 4.90 Å². The number of amides is 2. The number of nitrogens with one attached hydrogen (secondary N) is 2. The molecule has 4 N–H and O–H groups in total. The first-order valence-electron chi connectivity index (χ1n) is 16.4. The zero-order valence-corrected chi connectivity index (χ0v) is 28.7. The number of carbonyl (C=O) groups is 2. The summed E-state index contributed by atoms with van der Waals surface area (Å²) < 4.78 is 5.43. The van der Waals surface area contributed by atoms with Crippen LogP contribution in [0.15, 0.2) is 91.0 Å². The predicted molar refractivity (Wildman–Crippen MR) is 186 cm³/mol. The molecule has 0 radical (unpaired) electrons. The van der Waals surface area contributed by atoms with E-state index in [1.807, 2.05) is 91.0 Å². The number of carboxylic acid groups (broad SMARTS) is 1. The summed E-state index contributed by atoms with van der Waals surface area (Å²) in [7, 11) is 0. The zero-order chi connectivity index (χ0) is 35.2. The summed E-state index contributed by atoms with van der Waals surface area (Å²) in [5.41, 5.74) is 1.13. The van der Waals surface area contributed by atoms with Gasteiger partial charge in [-0.15, -0.1) is 5.92 Å². The van der Waals surface area contributed by atoms with Gasteiger partial charge in [0.15, 0.2) is 0 Å². The van der Waals surface area contributed by atoms with Crippen LogP contribution in [0.3, 0.4) is 0 Å². The van der Waals surface area contributed by atoms with Crippen molar-refractivity contribution in [3.8, 4) is 11.8 Å². The van der Waals surface area contributed by atoms with E-state index >= 15 is 0 Å². The van der Waals surface area contributed by atoms with Gasteiger partial charge in [0.2, 0.25) is 0 Å². The molecule has 3 aromatic rings. The number of aliphatic hydroxyl groups excluding tert-OH is 2. The molecule has 0 bridgehead atoms. The minimum atomic E-state index is -1.41. The molecule has 0 aromatic heterocycles. The maximum atomic E-state index is 12.7. The van der Waals surface area contributed by atoms with Crippen LogP contribution in [-0.4, -0.2) is 75.8 Å². The first-order valence-corrected chi connectivity index (χ1v) is 16.4. The lowest BCUT2D eigenvalue weighted by atomic mass is 9.91. The van der Waals surface area contributed by atoms with Crippen LogP contribution in [0.25, 0.3) is 0 Å². The van der Waals surface area contributed by atoms with Crippen molar-refractivity contribution in [1.29, 1.82) is 0 Å². The number of carbonyl (C=O) groups excluding carboxylic acids is 2. The molecule has 4 atom stereocenters. The van der Waals surface area contributed by atoms with Crippen molar-refractivity contribution < 1.29 is 29.6 Å². The van der Waals surface area contributed by atoms with Gasteiger partial charge in [0.05, 0.1) is 24.3 Å². The molecule has 3 rings (SSSR count). The van der Waals surface area contributed by atoms with E-state index < -0.39 is 47.6 Å². The Hall–Kier alpha value is -4.36. The average Bonchev–Trinajstić information content (AvgIpc) is 3.02. The van der Waals surface area contributed by atoms with Crippen molar-refractivity contribution in [3.63, 3.8) is 0 Å². The molecule has 0 unspecified atom stereocenters. The standard InChI is InChI=1S/C39H51N3O6/c1-38(2,3)48-36(45)41-32(25-30-20-11-7-12-21-30)34(43)27-40-28-35(44)33(26-31-22-13-8-14-23-31)42(37(46)47)39(4,5)24-16-15-19-29-17-9-6-10-18-29/h6-14,17-18,20-23,32-35,40,43-44H,19,24-28H2,1-5H3,(H,41,45)(H,46,47)/p-1/t32-,33-,34+,35+/m0/s1. The quantitative estimate of drug-likeness (QED) is 0.181. The fourth-order valence-corrected chi connectivity index (χ4v) is 5.48. The van der Waals surface area contributed by atoms with E-state index in [0.29, 0.717) is 12.8 Å². The van der Waals surface area contributed by atoms with E-state index in [1.54, 1.807) is 34.6 Å². The van der Waals surface area contributed by atoms with E-state index in [0.717, 1.165) is 16.7 Å². The average molecular weight is 657 g/mol. The molecule has 258 valence electrons. The van der Waals surface area contributed by atoms with Gasteiger partial charge in [-0.3, -0.25) is 0 Å². The molecule has 9 heteroatoms. The van der Waals surface area contributed by atoms with Gasteiger partial charge in [-0.2, -0.15) is 0 Å². The number of hydrogen-bond donors (Lipinski definition) is 4. The van der Waals surface area contributed by atoms with Gasteiger partial charge >= 0.3 is 6.09 Å². The Morgan fingerprint density at radius 2 is 1.27 bits per heavy atom. The molecular weight excluding hydrogens is 606 g/mol. The van der Waals surface area contributed by atoms with Gasteiger partial charge in [-0.05, 0) is 64.2 Å². The van der Waals surface area contributed by atoms with Gasteiger partial charge in [0.1, 0.15) is 11.7 Å². The minimum Gasteiger partial charge on any atom is -0.530 e. The van der Waals surface area contributed by atoms with E-state index in [9.17, 15) is 24.9 Å². The van der Waals surface area contributed by atoms with Crippen LogP contribution in [0.5, 0.6) is 0 Å². The summed E-state index contributed by atoms with van der Waals surface area (Å²) in [5.74, 6) is 6.27. The van der Waals surface area contributed by atoms with Crippen molar-refractivity contribution in [2.45, 2.75) is 95.7 Å². The molecule has 48 heavy (non-hydrogen) atoms. The second kappa shape index (κ2) is 18.3. The molecule has 0 heterocycles. The van der Waals surface area contributed by atoms with Crippen molar-refractivity contribution in [2.24, 2.45) is 0 Å². The normalized spacial score (nSPS) is 14.1. The fourth-order valence-electron chi connectivity index (χ4n) is 5.48. The smallest absolute Gasteiger partial charge is 0.407 e. The molecule has 0 saturated carbocycles. The van der Waals surface area contributed by atoms with E-state index in [-0.39, 0.29) is 25.9 Å². The molecule has 0 saturated heterocycles. The number of benzene rings is 3. The highest BCUT2D eigenvalue weighted by molar-refractivity contribution is 5.68. The molecule has 9 nitrogen and oxygen atoms in total. The Bertz CT molecular complexity index is 1470. The van der Waals surface area contributed by atoms with Gasteiger partial charge in [0, 0.05) is 31.5 Å². The molecule has 0 aliphatic rings. The fraction of sp³-hybridized carbons (Fsp3) is 0.436. The lowest BCUT2D eigenvalue weighted by Gasteiger charge is -2.47. The van der Waals surface area contributed by atoms with Gasteiger partial charge in [0.25, 0.3) is 0 Å². The second-order valence-corrected chi connectivity index (χ2v) is 13.6. The molecule has 3 aromatic carbocycles. The Labute approximate surface area is 285 Å². The van der Waals surface area contributed by atoms with Crippen LogP contribution < -0.4 is 15.7 Å². The summed E-state index contributed by atoms with van der Waals surface area (Å²) in [6.07, 6.45) is -2.92. The highest BCUT2D eigenvalue weighted by Gasteiger charge is 2.36. The molecule has 0 spiro atoms. The Morgan fingerprint density at radius 1 is 0.771 bits per heavy atom. The lowest BCUT2D eigenvalue weighted by molar-refractivity contribution is -0.276. The topological polar surface area (TPSA) is 134 Å². The number of ether oxygens (including phenoxy) is 1. The van der Waals surface area contributed by atoms with Crippen molar-refractivity contribution >= 4 is 12.2 Å². The monoisotopic (exact) mass is 656 g/mol. The molecule has 2 amide bonds. The summed E-state index contributed by atoms with van der Waals surface area (Å²) in [5, 5.41) is 41.3. The summed E-state index contributed by atoms with van der Waals surface area (Å²) in [6, 6.07) is 27.1. The summed E-state index contributed by atoms with van der Waals surface area (Å²) in [6.45, 7) is 8.83. The number of aliphatic hydroxyl groups is 2. The third-order valence-corrected chi connectivity index (χ3v) is 7.87. The highest BCUT2D eigenvalue weighted by atomic mass is 16.6. The molecule has 0 aliphatic heterocycles. The maximum Gasteiger partial charge on any atom is 0.407 e. The number of hydrogen-bond acceptors (Lipinski definition) is 7. The molecule has 0 aliphatic carbocycles. The van der Waals surface area contributed by atoms with Gasteiger partial charge in [-0.25, -0.2) is 4.79 Å². The molecular formula is C39H50N3O6-. The maximum absolute atomic E-state index is 12.7. The van der Waals surface area contributed by atoms with Gasteiger partial charge in [-0.1, -0.05) is 96.9 Å². The predicted octanol–water partition coefficient (Wildman–Crippen LogP) is 4.11. The SMILES string of the molecule is CC(C)(C)OC(=O)N[C@@H](Cc1ccccc1)[C@H](O)CNC[C@@H](O)[C@H](Cc1ccccc1)N(C(=O)[O-])C(C)(C)CC#CCc1ccccc1. The number of nitrogens with zero attached hydrogens (tertiary/aromatic N) is 1. The third-order valence-electron chi connectivity index (χ3n) is 7.87. The van der Waals surface area contributed by atoms with Crippen molar-refractivity contribution in [2.75, 3.05) is 13.1 Å². The van der Waals surface area contributed by atoms with E-state index in [4.69, 9.17) is 4.74 Å². The van der Waals surface area contributed by atoms with Crippen LogP contribution in [-0.2, 0) is 24.0 Å². The van der Waals surface area contributed by atoms with Crippen LogP contribution >= 0.6 is 0 Å². The van der Waals surface area contributed by atoms with Crippen molar-refractivity contribution in [3.05, 3.63) is 108 Å². The van der Waals surface area contributed by atoms with Gasteiger partial charge < -0.3 is 40.4 Å². The zero-order valence-electron chi connectivity index (χ0n) is 28.7. The van der Waals surface area contributed by atoms with Crippen LogP contribution in [0, 0.1) is 11.8 Å². The highest BCUT2D eigenvalue weighted by Crippen LogP contribution is 2.25. The van der Waals surface area contributed by atoms with Crippen LogP contribution in [0.1, 0.15) is 57.7 Å². The van der Waals surface area contributed by atoms with Crippen LogP contribution in [0.2, 0.25) is 0 Å². The lowest BCUT2D eigenvalue weighted by Crippen LogP contribution is -2.62. The second-order valence-electron chi connectivity index (χ2n) is 13.6. The Morgan fingerprint density at radius 3 is 1.79 bits per heavy atom. The largest absolute Gasteiger partial charge is 0.530 e. The molecule has 0 fully saturated rings. The minimum absolute atomic E-state index is 0.0160. The Balaban J connectivity index is 1.74. The number of alkyl carbamates (subject to hydrolysis) is 1. The van der Waals surface area contributed by atoms with Crippen LogP contribution in [0.4, 0.5) is 9.59 Å². The Kier molecular flexibility index (Phi) is 14.5. The van der Waals surface area contributed by atoms with E-state index in [2.05, 4.69) is 22.5 Å². The van der Waals surface area contributed by atoms with Crippen molar-refractivity contribution in [1.82, 2.24) is 15.5 Å². The number of rotatable bonds is 15. The third kappa shape index (κ3) is 13.0. The first-order chi connectivity index (χ1) is 22.7. The summed E-state index contributed by atoms with van der Waals surface area (Å²) in [4.78, 5) is 26.5.